The van der Waals surface area contributed by atoms with Gasteiger partial charge in [0.25, 0.3) is 0 Å². The third kappa shape index (κ3) is 3.17. The van der Waals surface area contributed by atoms with Crippen LogP contribution in [-0.2, 0) is 6.54 Å². The number of hydrogen-bond donors (Lipinski definition) is 1. The van der Waals surface area contributed by atoms with Crippen molar-refractivity contribution in [3.63, 3.8) is 0 Å². The van der Waals surface area contributed by atoms with Crippen LogP contribution >= 0.6 is 11.8 Å². The average molecular weight is 286 g/mol. The van der Waals surface area contributed by atoms with Gasteiger partial charge >= 0.3 is 0 Å². The first kappa shape index (κ1) is 14.9. The summed E-state index contributed by atoms with van der Waals surface area (Å²) in [4.78, 5) is 3.61. The van der Waals surface area contributed by atoms with Crippen molar-refractivity contribution in [3.8, 4) is 0 Å². The molecule has 0 aliphatic rings. The molecule has 0 amide bonds. The zero-order valence-electron chi connectivity index (χ0n) is 12.2. The maximum absolute atomic E-state index is 6.01. The van der Waals surface area contributed by atoms with Crippen LogP contribution in [0.3, 0.4) is 0 Å². The highest BCUT2D eigenvalue weighted by Gasteiger charge is 2.13. The smallest absolute Gasteiger partial charge is 0.0467 e. The Balaban J connectivity index is 2.47. The fraction of sp³-hybridized carbons (Fsp3) is 0.294. The van der Waals surface area contributed by atoms with Gasteiger partial charge in [0, 0.05) is 34.9 Å². The quantitative estimate of drug-likeness (QED) is 0.797. The molecule has 20 heavy (non-hydrogen) atoms. The van der Waals surface area contributed by atoms with Crippen LogP contribution in [0.25, 0.3) is 0 Å². The Labute approximate surface area is 126 Å². The first-order chi connectivity index (χ1) is 9.81. The molecule has 0 heterocycles. The van der Waals surface area contributed by atoms with Gasteiger partial charge in [0.05, 0.1) is 0 Å². The molecule has 0 saturated heterocycles. The van der Waals surface area contributed by atoms with Crippen LogP contribution < -0.4 is 10.6 Å². The molecule has 0 fully saturated rings. The Kier molecular flexibility index (Phi) is 5.50. The van der Waals surface area contributed by atoms with Crippen LogP contribution in [0.1, 0.15) is 19.4 Å². The third-order valence-corrected chi connectivity index (χ3v) is 4.27. The molecule has 106 valence electrons. The molecule has 0 aliphatic heterocycles. The van der Waals surface area contributed by atoms with E-state index < -0.39 is 0 Å². The Bertz CT molecular complexity index is 540. The van der Waals surface area contributed by atoms with E-state index in [0.29, 0.717) is 6.54 Å². The van der Waals surface area contributed by atoms with Gasteiger partial charge in [-0.3, -0.25) is 0 Å². The second-order valence-corrected chi connectivity index (χ2v) is 5.78. The molecule has 0 aliphatic carbocycles. The summed E-state index contributed by atoms with van der Waals surface area (Å²) >= 11 is 1.86. The van der Waals surface area contributed by atoms with Crippen molar-refractivity contribution < 1.29 is 0 Å². The fourth-order valence-electron chi connectivity index (χ4n) is 2.40. The van der Waals surface area contributed by atoms with Crippen LogP contribution in [0, 0.1) is 0 Å². The van der Waals surface area contributed by atoms with E-state index in [-0.39, 0.29) is 0 Å². The molecule has 0 aromatic heterocycles. The van der Waals surface area contributed by atoms with E-state index in [0.717, 1.165) is 12.3 Å². The van der Waals surface area contributed by atoms with Crippen LogP contribution in [0.15, 0.2) is 53.4 Å². The number of nitrogens with zero attached hydrogens (tertiary/aromatic N) is 1. The zero-order chi connectivity index (χ0) is 14.4. The molecular weight excluding hydrogens is 264 g/mol. The molecule has 2 nitrogen and oxygen atoms in total. The molecule has 0 bridgehead atoms. The summed E-state index contributed by atoms with van der Waals surface area (Å²) in [7, 11) is 0. The number of thioether (sulfide) groups is 1. The number of anilines is 2. The van der Waals surface area contributed by atoms with Crippen LogP contribution in [-0.4, -0.2) is 12.3 Å². The Morgan fingerprint density at radius 2 is 1.75 bits per heavy atom. The first-order valence-electron chi connectivity index (χ1n) is 7.09. The molecule has 0 spiro atoms. The predicted octanol–water partition coefficient (Wildman–Crippen LogP) is 4.42. The van der Waals surface area contributed by atoms with Gasteiger partial charge in [-0.15, -0.1) is 11.8 Å². The topological polar surface area (TPSA) is 29.3 Å². The SMILES string of the molecule is CCSc1cccc(N(CC)c2ccccc2)c1CN. The number of hydrogen-bond acceptors (Lipinski definition) is 3. The van der Waals surface area contributed by atoms with Crippen molar-refractivity contribution >= 4 is 23.1 Å². The van der Waals surface area contributed by atoms with Crippen molar-refractivity contribution in [2.24, 2.45) is 5.73 Å². The number of benzene rings is 2. The third-order valence-electron chi connectivity index (χ3n) is 3.29. The van der Waals surface area contributed by atoms with Gasteiger partial charge in [-0.25, -0.2) is 0 Å². The lowest BCUT2D eigenvalue weighted by Gasteiger charge is -2.26. The molecule has 2 N–H and O–H groups in total. The highest BCUT2D eigenvalue weighted by atomic mass is 32.2. The summed E-state index contributed by atoms with van der Waals surface area (Å²) in [5, 5.41) is 0. The number of nitrogens with two attached hydrogens (primary N) is 1. The monoisotopic (exact) mass is 286 g/mol. The van der Waals surface area contributed by atoms with Gasteiger partial charge < -0.3 is 10.6 Å². The zero-order valence-corrected chi connectivity index (χ0v) is 13.0. The van der Waals surface area contributed by atoms with Crippen molar-refractivity contribution in [1.82, 2.24) is 0 Å². The van der Waals surface area contributed by atoms with Crippen LogP contribution in [0.2, 0.25) is 0 Å². The van der Waals surface area contributed by atoms with E-state index in [9.17, 15) is 0 Å². The van der Waals surface area contributed by atoms with Crippen molar-refractivity contribution in [1.29, 1.82) is 0 Å². The first-order valence-corrected chi connectivity index (χ1v) is 8.07. The summed E-state index contributed by atoms with van der Waals surface area (Å²) in [6.07, 6.45) is 0. The molecule has 2 aromatic rings. The lowest BCUT2D eigenvalue weighted by molar-refractivity contribution is 0.962. The minimum absolute atomic E-state index is 0.571. The maximum Gasteiger partial charge on any atom is 0.0467 e. The van der Waals surface area contributed by atoms with Crippen molar-refractivity contribution in [2.75, 3.05) is 17.2 Å². The Hall–Kier alpha value is -1.45. The van der Waals surface area contributed by atoms with Crippen LogP contribution in [0.4, 0.5) is 11.4 Å². The second-order valence-electron chi connectivity index (χ2n) is 4.47. The van der Waals surface area contributed by atoms with Gasteiger partial charge in [-0.2, -0.15) is 0 Å². The van der Waals surface area contributed by atoms with E-state index in [4.69, 9.17) is 5.73 Å². The van der Waals surface area contributed by atoms with Gasteiger partial charge in [0.1, 0.15) is 0 Å². The van der Waals surface area contributed by atoms with Gasteiger partial charge in [0.2, 0.25) is 0 Å². The summed E-state index contributed by atoms with van der Waals surface area (Å²) in [5.41, 5.74) is 9.69. The van der Waals surface area contributed by atoms with E-state index >= 15 is 0 Å². The minimum atomic E-state index is 0.571. The molecule has 0 atom stereocenters. The van der Waals surface area contributed by atoms with Crippen molar-refractivity contribution in [3.05, 3.63) is 54.1 Å². The molecule has 0 saturated carbocycles. The largest absolute Gasteiger partial charge is 0.341 e. The number of para-hydroxylation sites is 1. The average Bonchev–Trinajstić information content (AvgIpc) is 2.50. The normalized spacial score (nSPS) is 10.6. The lowest BCUT2D eigenvalue weighted by Crippen LogP contribution is -2.19. The summed E-state index contributed by atoms with van der Waals surface area (Å²) < 4.78 is 0. The summed E-state index contributed by atoms with van der Waals surface area (Å²) in [6.45, 7) is 5.85. The number of rotatable bonds is 6. The Morgan fingerprint density at radius 1 is 1.00 bits per heavy atom. The molecular formula is C17H22N2S. The highest BCUT2D eigenvalue weighted by Crippen LogP contribution is 2.34. The van der Waals surface area contributed by atoms with Gasteiger partial charge in [0.15, 0.2) is 0 Å². The lowest BCUT2D eigenvalue weighted by atomic mass is 10.1. The molecule has 0 unspecified atom stereocenters. The van der Waals surface area contributed by atoms with E-state index in [1.165, 1.54) is 21.8 Å². The highest BCUT2D eigenvalue weighted by molar-refractivity contribution is 7.99. The maximum atomic E-state index is 6.01. The second kappa shape index (κ2) is 7.36. The van der Waals surface area contributed by atoms with E-state index in [1.54, 1.807) is 0 Å². The minimum Gasteiger partial charge on any atom is -0.341 e. The van der Waals surface area contributed by atoms with Gasteiger partial charge in [-0.1, -0.05) is 31.2 Å². The Morgan fingerprint density at radius 3 is 2.35 bits per heavy atom. The molecule has 0 radical (unpaired) electrons. The fourth-order valence-corrected chi connectivity index (χ4v) is 3.25. The van der Waals surface area contributed by atoms with Crippen LogP contribution in [0.5, 0.6) is 0 Å². The van der Waals surface area contributed by atoms with E-state index in [2.05, 4.69) is 61.2 Å². The summed E-state index contributed by atoms with van der Waals surface area (Å²) in [5.74, 6) is 1.06. The molecule has 3 heteroatoms. The van der Waals surface area contributed by atoms with Gasteiger partial charge in [-0.05, 0) is 36.9 Å². The predicted molar refractivity (Wildman–Crippen MR) is 89.9 cm³/mol. The molecule has 2 rings (SSSR count). The standard InChI is InChI=1S/C17H22N2S/c1-3-19(14-9-6-5-7-10-14)16-11-8-12-17(20-4-2)15(16)13-18/h5-12H,3-4,13,18H2,1-2H3. The summed E-state index contributed by atoms with van der Waals surface area (Å²) in [6, 6.07) is 16.9. The van der Waals surface area contributed by atoms with Crippen molar-refractivity contribution in [2.45, 2.75) is 25.3 Å². The van der Waals surface area contributed by atoms with E-state index in [1.807, 2.05) is 17.8 Å². The molecule has 2 aromatic carbocycles.